The van der Waals surface area contributed by atoms with Gasteiger partial charge in [-0.05, 0) is 31.5 Å². The van der Waals surface area contributed by atoms with Crippen LogP contribution < -0.4 is 0 Å². The summed E-state index contributed by atoms with van der Waals surface area (Å²) in [4.78, 5) is 12.1. The van der Waals surface area contributed by atoms with Crippen LogP contribution in [-0.4, -0.2) is 16.8 Å². The van der Waals surface area contributed by atoms with Gasteiger partial charge in [0.1, 0.15) is 0 Å². The number of hydrogen-bond donors (Lipinski definition) is 0. The molecule has 0 heterocycles. The highest BCUT2D eigenvalue weighted by molar-refractivity contribution is 8.26. The van der Waals surface area contributed by atoms with Crippen LogP contribution in [0.5, 0.6) is 0 Å². The van der Waals surface area contributed by atoms with Gasteiger partial charge in [0.15, 0.2) is 0 Å². The third-order valence-corrected chi connectivity index (χ3v) is 4.45. The van der Waals surface area contributed by atoms with Crippen molar-refractivity contribution in [3.05, 3.63) is 32.8 Å². The van der Waals surface area contributed by atoms with Crippen molar-refractivity contribution < 1.29 is 9.22 Å². The molecule has 0 amide bonds. The predicted octanol–water partition coefficient (Wildman–Crippen LogP) is 5.19. The number of carbonyl (C=O) groups is 1. The quantitative estimate of drug-likeness (QED) is 0.696. The molecule has 6 heteroatoms. The molecule has 0 aliphatic carbocycles. The predicted molar refractivity (Wildman–Crippen MR) is 88.2 cm³/mol. The van der Waals surface area contributed by atoms with Gasteiger partial charge in [-0.15, -0.1) is 0 Å². The van der Waals surface area contributed by atoms with E-state index in [1.165, 1.54) is 0 Å². The number of hydrogen-bond acceptors (Lipinski definition) is 2. The van der Waals surface area contributed by atoms with Crippen LogP contribution in [0.2, 0.25) is 15.1 Å². The molecule has 0 aliphatic rings. The molecule has 0 bridgehead atoms. The zero-order valence-electron chi connectivity index (χ0n) is 11.5. The maximum atomic E-state index is 12.1. The lowest BCUT2D eigenvalue weighted by Crippen LogP contribution is -2.11. The Morgan fingerprint density at radius 1 is 1.25 bits per heavy atom. The molecule has 0 spiro atoms. The fourth-order valence-electron chi connectivity index (χ4n) is 1.49. The first-order valence-corrected chi connectivity index (χ1v) is 8.13. The first-order chi connectivity index (χ1) is 9.35. The van der Waals surface area contributed by atoms with E-state index < -0.39 is 0 Å². The first kappa shape index (κ1) is 17.8. The molecule has 0 saturated carbocycles. The van der Waals surface area contributed by atoms with Crippen molar-refractivity contribution in [3.63, 3.8) is 0 Å². The molecule has 1 rings (SSSR count). The Morgan fingerprint density at radius 3 is 2.25 bits per heavy atom. The average molecular weight is 355 g/mol. The Kier molecular flexibility index (Phi) is 7.38. The Labute approximate surface area is 138 Å². The standard InChI is InChI=1S/C14H16Cl3O2S/c1-4-19-14(8(2)3)20-13(18)7-10-11(16)5-9(15)6-12(10)17/h5-6,8H,4,7H2,1-3H3/q+1. The van der Waals surface area contributed by atoms with Crippen molar-refractivity contribution in [1.82, 2.24) is 0 Å². The van der Waals surface area contributed by atoms with Crippen molar-refractivity contribution in [3.8, 4) is 0 Å². The molecule has 0 radical (unpaired) electrons. The number of halogens is 3. The van der Waals surface area contributed by atoms with E-state index in [2.05, 4.69) is 0 Å². The van der Waals surface area contributed by atoms with Crippen molar-refractivity contribution in [1.29, 1.82) is 0 Å². The van der Waals surface area contributed by atoms with Crippen LogP contribution >= 0.6 is 46.6 Å². The maximum absolute atomic E-state index is 12.1. The summed E-state index contributed by atoms with van der Waals surface area (Å²) >= 11 is 19.1. The number of benzene rings is 1. The zero-order valence-corrected chi connectivity index (χ0v) is 14.6. The van der Waals surface area contributed by atoms with E-state index in [0.717, 1.165) is 11.8 Å². The third-order valence-electron chi connectivity index (χ3n) is 2.40. The summed E-state index contributed by atoms with van der Waals surface area (Å²) in [6.07, 6.45) is 0.142. The molecule has 2 nitrogen and oxygen atoms in total. The minimum atomic E-state index is -0.0618. The van der Waals surface area contributed by atoms with Gasteiger partial charge < -0.3 is 0 Å². The van der Waals surface area contributed by atoms with Crippen molar-refractivity contribution in [2.24, 2.45) is 5.92 Å². The summed E-state index contributed by atoms with van der Waals surface area (Å²) in [7, 11) is 0. The molecular formula is C14H16Cl3O2S+. The molecule has 110 valence electrons. The third kappa shape index (κ3) is 5.28. The van der Waals surface area contributed by atoms with Gasteiger partial charge in [0.05, 0.1) is 5.92 Å². The van der Waals surface area contributed by atoms with Crippen LogP contribution in [0.15, 0.2) is 12.1 Å². The topological polar surface area (TPSA) is 28.4 Å². The van der Waals surface area contributed by atoms with Gasteiger partial charge in [0.25, 0.3) is 6.61 Å². The lowest BCUT2D eigenvalue weighted by molar-refractivity contribution is -0.451. The molecule has 1 aromatic rings. The fourth-order valence-corrected chi connectivity index (χ4v) is 3.29. The molecule has 0 aromatic heterocycles. The van der Waals surface area contributed by atoms with Gasteiger partial charge >= 0.3 is 5.12 Å². The second-order valence-corrected chi connectivity index (χ2v) is 6.72. The molecule has 0 unspecified atom stereocenters. The SMILES string of the molecule is CC[O+]=C(SC(=O)Cc1c(Cl)cc(Cl)cc1Cl)C(C)C. The smallest absolute Gasteiger partial charge is 0.286 e. The van der Waals surface area contributed by atoms with Crippen LogP contribution in [0.1, 0.15) is 26.3 Å². The molecule has 0 saturated heterocycles. The van der Waals surface area contributed by atoms with Crippen molar-refractivity contribution >= 4 is 56.8 Å². The van der Waals surface area contributed by atoms with Gasteiger partial charge in [-0.3, -0.25) is 9.22 Å². The normalized spacial score (nSPS) is 12.1. The lowest BCUT2D eigenvalue weighted by atomic mass is 10.2. The minimum Gasteiger partial charge on any atom is -0.286 e. The summed E-state index contributed by atoms with van der Waals surface area (Å²) in [6.45, 7) is 6.39. The number of carbonyl (C=O) groups excluding carboxylic acids is 2. The Morgan fingerprint density at radius 2 is 1.80 bits per heavy atom. The van der Waals surface area contributed by atoms with E-state index in [0.29, 0.717) is 32.4 Å². The summed E-state index contributed by atoms with van der Waals surface area (Å²) < 4.78 is 5.46. The summed E-state index contributed by atoms with van der Waals surface area (Å²) in [6, 6.07) is 3.16. The van der Waals surface area contributed by atoms with Gasteiger partial charge in [-0.25, -0.2) is 0 Å². The first-order valence-electron chi connectivity index (χ1n) is 6.18. The van der Waals surface area contributed by atoms with Crippen LogP contribution in [0.25, 0.3) is 0 Å². The van der Waals surface area contributed by atoms with Crippen LogP contribution in [0.4, 0.5) is 0 Å². The minimum absolute atomic E-state index is 0.0618. The van der Waals surface area contributed by atoms with Crippen LogP contribution in [0.3, 0.4) is 0 Å². The van der Waals surface area contributed by atoms with Crippen molar-refractivity contribution in [2.75, 3.05) is 6.61 Å². The highest BCUT2D eigenvalue weighted by Gasteiger charge is 2.24. The van der Waals surface area contributed by atoms with Gasteiger partial charge in [0.2, 0.25) is 5.12 Å². The fraction of sp³-hybridized carbons (Fsp3) is 0.429. The Bertz CT molecular complexity index is 504. The molecule has 0 fully saturated rings. The molecule has 0 atom stereocenters. The van der Waals surface area contributed by atoms with E-state index in [4.69, 9.17) is 39.2 Å². The van der Waals surface area contributed by atoms with E-state index >= 15 is 0 Å². The Hall–Kier alpha value is -0.220. The summed E-state index contributed by atoms with van der Waals surface area (Å²) in [5, 5.41) is 1.90. The average Bonchev–Trinajstić information content (AvgIpc) is 2.33. The second kappa shape index (κ2) is 8.28. The lowest BCUT2D eigenvalue weighted by Gasteiger charge is -2.06. The zero-order chi connectivity index (χ0) is 15.3. The monoisotopic (exact) mass is 353 g/mol. The van der Waals surface area contributed by atoms with Gasteiger partial charge in [0, 0.05) is 40.2 Å². The van der Waals surface area contributed by atoms with Gasteiger partial charge in [-0.1, -0.05) is 34.8 Å². The summed E-state index contributed by atoms with van der Waals surface area (Å²) in [5.74, 6) is 0.167. The number of thioether (sulfide) groups is 1. The van der Waals surface area contributed by atoms with E-state index in [1.807, 2.05) is 20.8 Å². The van der Waals surface area contributed by atoms with Crippen LogP contribution in [-0.2, 0) is 15.6 Å². The molecule has 0 N–H and O–H groups in total. The maximum Gasteiger partial charge on any atom is 0.364 e. The largest absolute Gasteiger partial charge is 0.364 e. The molecule has 1 aromatic carbocycles. The molecule has 0 aliphatic heterocycles. The van der Waals surface area contributed by atoms with E-state index in [1.54, 1.807) is 12.1 Å². The Balaban J connectivity index is 2.84. The molecular weight excluding hydrogens is 339 g/mol. The van der Waals surface area contributed by atoms with Crippen molar-refractivity contribution in [2.45, 2.75) is 27.2 Å². The highest BCUT2D eigenvalue weighted by Crippen LogP contribution is 2.30. The second-order valence-electron chi connectivity index (χ2n) is 4.41. The highest BCUT2D eigenvalue weighted by atomic mass is 35.5. The van der Waals surface area contributed by atoms with Crippen LogP contribution in [0, 0.1) is 5.92 Å². The van der Waals surface area contributed by atoms with Gasteiger partial charge in [-0.2, -0.15) is 0 Å². The number of rotatable bonds is 4. The molecule has 20 heavy (non-hydrogen) atoms. The summed E-state index contributed by atoms with van der Waals surface area (Å²) in [5.41, 5.74) is 0.592. The van der Waals surface area contributed by atoms with E-state index in [-0.39, 0.29) is 17.5 Å². The van der Waals surface area contributed by atoms with E-state index in [9.17, 15) is 4.79 Å².